The highest BCUT2D eigenvalue weighted by Gasteiger charge is 2.15. The van der Waals surface area contributed by atoms with Crippen LogP contribution in [0.4, 0.5) is 4.39 Å². The van der Waals surface area contributed by atoms with Crippen LogP contribution in [0.1, 0.15) is 21.5 Å². The Balaban J connectivity index is 1.85. The van der Waals surface area contributed by atoms with Crippen molar-refractivity contribution in [3.8, 4) is 0 Å². The molecule has 9 heteroatoms. The van der Waals surface area contributed by atoms with Crippen molar-refractivity contribution in [2.45, 2.75) is 6.42 Å². The molecule has 0 spiro atoms. The van der Waals surface area contributed by atoms with Crippen LogP contribution >= 0.6 is 11.6 Å². The smallest absolute Gasteiger partial charge is 0.257 e. The van der Waals surface area contributed by atoms with Gasteiger partial charge in [-0.3, -0.25) is 9.59 Å². The minimum atomic E-state index is -0.649. The zero-order chi connectivity index (χ0) is 18.0. The molecule has 128 valence electrons. The van der Waals surface area contributed by atoms with E-state index in [1.54, 1.807) is 12.3 Å². The molecule has 0 unspecified atom stereocenters. The Kier molecular flexibility index (Phi) is 4.62. The van der Waals surface area contributed by atoms with E-state index >= 15 is 0 Å². The molecule has 7 nitrogen and oxygen atoms in total. The normalized spacial score (nSPS) is 10.8. The van der Waals surface area contributed by atoms with Crippen molar-refractivity contribution < 1.29 is 14.0 Å². The summed E-state index contributed by atoms with van der Waals surface area (Å²) in [7, 11) is 0. The van der Waals surface area contributed by atoms with Crippen LogP contribution in [0.5, 0.6) is 0 Å². The number of halogens is 2. The molecule has 2 amide bonds. The van der Waals surface area contributed by atoms with Gasteiger partial charge in [0.25, 0.3) is 5.91 Å². The van der Waals surface area contributed by atoms with Gasteiger partial charge in [0.15, 0.2) is 5.65 Å². The van der Waals surface area contributed by atoms with E-state index in [-0.39, 0.29) is 24.3 Å². The molecule has 0 aliphatic rings. The average Bonchev–Trinajstić information content (AvgIpc) is 2.99. The average molecular weight is 362 g/mol. The molecule has 3 rings (SSSR count). The topological polar surface area (TPSA) is 102 Å². The lowest BCUT2D eigenvalue weighted by atomic mass is 10.1. The first-order valence-corrected chi connectivity index (χ1v) is 7.64. The second kappa shape index (κ2) is 6.86. The van der Waals surface area contributed by atoms with Crippen molar-refractivity contribution in [2.75, 3.05) is 6.54 Å². The number of nitrogens with zero attached hydrogens (tertiary/aromatic N) is 3. The number of fused-ring (bicyclic) bond motifs is 1. The Morgan fingerprint density at radius 1 is 1.32 bits per heavy atom. The lowest BCUT2D eigenvalue weighted by Crippen LogP contribution is -2.33. The van der Waals surface area contributed by atoms with Crippen molar-refractivity contribution in [3.63, 3.8) is 0 Å². The standard InChI is InChI=1S/C16H13ClFN5O2/c17-11-1-2-13(18)10(4-11)3-9-5-20-15-12(6-22-23(15)8-9)16(25)21-7-14(19)24/h1-2,4-6,8H,3,7H2,(H2,19,24)(H,21,25). The van der Waals surface area contributed by atoms with Crippen LogP contribution in [0.2, 0.25) is 5.02 Å². The van der Waals surface area contributed by atoms with Gasteiger partial charge in [0.2, 0.25) is 5.91 Å². The molecular weight excluding hydrogens is 349 g/mol. The number of amides is 2. The summed E-state index contributed by atoms with van der Waals surface area (Å²) in [4.78, 5) is 26.9. The van der Waals surface area contributed by atoms with Crippen LogP contribution in [0.25, 0.3) is 5.65 Å². The van der Waals surface area contributed by atoms with Crippen molar-refractivity contribution in [1.29, 1.82) is 0 Å². The highest BCUT2D eigenvalue weighted by molar-refractivity contribution is 6.30. The molecule has 2 heterocycles. The first-order valence-electron chi connectivity index (χ1n) is 7.26. The van der Waals surface area contributed by atoms with Crippen molar-refractivity contribution in [3.05, 3.63) is 64.3 Å². The molecule has 3 N–H and O–H groups in total. The fraction of sp³-hybridized carbons (Fsp3) is 0.125. The lowest BCUT2D eigenvalue weighted by molar-refractivity contribution is -0.117. The van der Waals surface area contributed by atoms with E-state index in [1.165, 1.54) is 29.0 Å². The second-order valence-corrected chi connectivity index (χ2v) is 5.79. The minimum Gasteiger partial charge on any atom is -0.368 e. The maximum absolute atomic E-state index is 13.8. The summed E-state index contributed by atoms with van der Waals surface area (Å²) in [6, 6.07) is 4.33. The van der Waals surface area contributed by atoms with Gasteiger partial charge in [-0.25, -0.2) is 13.9 Å². The number of rotatable bonds is 5. The summed E-state index contributed by atoms with van der Waals surface area (Å²) >= 11 is 5.89. The van der Waals surface area contributed by atoms with E-state index < -0.39 is 11.8 Å². The number of aromatic nitrogens is 3. The summed E-state index contributed by atoms with van der Waals surface area (Å²) < 4.78 is 15.3. The number of nitrogens with two attached hydrogens (primary N) is 1. The monoisotopic (exact) mass is 361 g/mol. The van der Waals surface area contributed by atoms with Crippen LogP contribution in [0, 0.1) is 5.82 Å². The third-order valence-corrected chi connectivity index (χ3v) is 3.72. The number of hydrogen-bond donors (Lipinski definition) is 2. The van der Waals surface area contributed by atoms with E-state index in [9.17, 15) is 14.0 Å². The van der Waals surface area contributed by atoms with Gasteiger partial charge in [-0.15, -0.1) is 0 Å². The summed E-state index contributed by atoms with van der Waals surface area (Å²) in [6.45, 7) is -0.275. The highest BCUT2D eigenvalue weighted by Crippen LogP contribution is 2.18. The number of primary amides is 1. The first kappa shape index (κ1) is 16.8. The third-order valence-electron chi connectivity index (χ3n) is 3.48. The largest absolute Gasteiger partial charge is 0.368 e. The van der Waals surface area contributed by atoms with Gasteiger partial charge in [0, 0.05) is 23.8 Å². The second-order valence-electron chi connectivity index (χ2n) is 5.35. The molecule has 0 fully saturated rings. The predicted octanol–water partition coefficient (Wildman–Crippen LogP) is 1.33. The molecule has 2 aromatic heterocycles. The Hall–Kier alpha value is -3.00. The lowest BCUT2D eigenvalue weighted by Gasteiger charge is -2.05. The zero-order valence-electron chi connectivity index (χ0n) is 12.9. The number of benzene rings is 1. The fourth-order valence-electron chi connectivity index (χ4n) is 2.33. The van der Waals surface area contributed by atoms with Crippen LogP contribution in [-0.4, -0.2) is 33.0 Å². The first-order chi connectivity index (χ1) is 11.9. The van der Waals surface area contributed by atoms with Gasteiger partial charge in [0.05, 0.1) is 12.7 Å². The summed E-state index contributed by atoms with van der Waals surface area (Å²) in [5.41, 5.74) is 6.65. The molecule has 0 saturated carbocycles. The molecule has 3 aromatic rings. The van der Waals surface area contributed by atoms with Gasteiger partial charge in [-0.2, -0.15) is 5.10 Å². The molecular formula is C16H13ClFN5O2. The van der Waals surface area contributed by atoms with Crippen molar-refractivity contribution >= 4 is 29.1 Å². The SMILES string of the molecule is NC(=O)CNC(=O)c1cnn2cc(Cc3cc(Cl)ccc3F)cnc12. The third kappa shape index (κ3) is 3.74. The zero-order valence-corrected chi connectivity index (χ0v) is 13.6. The van der Waals surface area contributed by atoms with Gasteiger partial charge in [-0.05, 0) is 29.3 Å². The van der Waals surface area contributed by atoms with Crippen molar-refractivity contribution in [2.24, 2.45) is 5.73 Å². The Morgan fingerprint density at radius 2 is 2.12 bits per heavy atom. The Bertz CT molecular complexity index is 972. The summed E-state index contributed by atoms with van der Waals surface area (Å²) in [5, 5.41) is 6.88. The molecule has 0 saturated heterocycles. The molecule has 0 aliphatic carbocycles. The van der Waals surface area contributed by atoms with Crippen LogP contribution < -0.4 is 11.1 Å². The number of nitrogens with one attached hydrogen (secondary N) is 1. The van der Waals surface area contributed by atoms with E-state index in [4.69, 9.17) is 17.3 Å². The van der Waals surface area contributed by atoms with Gasteiger partial charge < -0.3 is 11.1 Å². The van der Waals surface area contributed by atoms with Crippen LogP contribution in [0.3, 0.4) is 0 Å². The molecule has 0 aliphatic heterocycles. The van der Waals surface area contributed by atoms with Gasteiger partial charge >= 0.3 is 0 Å². The summed E-state index contributed by atoms with van der Waals surface area (Å²) in [5.74, 6) is -1.52. The predicted molar refractivity (Wildman–Crippen MR) is 88.7 cm³/mol. The summed E-state index contributed by atoms with van der Waals surface area (Å²) in [6.07, 6.45) is 4.79. The number of carbonyl (C=O) groups excluding carboxylic acids is 2. The fourth-order valence-corrected chi connectivity index (χ4v) is 2.52. The van der Waals surface area contributed by atoms with E-state index in [0.29, 0.717) is 21.8 Å². The molecule has 0 radical (unpaired) electrons. The highest BCUT2D eigenvalue weighted by atomic mass is 35.5. The van der Waals surface area contributed by atoms with Gasteiger partial charge in [-0.1, -0.05) is 11.6 Å². The molecule has 25 heavy (non-hydrogen) atoms. The quantitative estimate of drug-likeness (QED) is 0.715. The maximum atomic E-state index is 13.8. The van der Waals surface area contributed by atoms with E-state index in [2.05, 4.69) is 15.4 Å². The molecule has 0 bridgehead atoms. The van der Waals surface area contributed by atoms with Crippen molar-refractivity contribution in [1.82, 2.24) is 19.9 Å². The number of carbonyl (C=O) groups is 2. The number of hydrogen-bond acceptors (Lipinski definition) is 4. The van der Waals surface area contributed by atoms with Gasteiger partial charge in [0.1, 0.15) is 11.4 Å². The van der Waals surface area contributed by atoms with E-state index in [0.717, 1.165) is 0 Å². The van der Waals surface area contributed by atoms with Crippen LogP contribution in [0.15, 0.2) is 36.8 Å². The molecule has 1 aromatic carbocycles. The van der Waals surface area contributed by atoms with E-state index in [1.807, 2.05) is 0 Å². The molecule has 0 atom stereocenters. The maximum Gasteiger partial charge on any atom is 0.257 e. The Morgan fingerprint density at radius 3 is 2.88 bits per heavy atom. The Labute approximate surface area is 146 Å². The minimum absolute atomic E-state index is 0.210. The van der Waals surface area contributed by atoms with Crippen LogP contribution in [-0.2, 0) is 11.2 Å².